The van der Waals surface area contributed by atoms with E-state index in [9.17, 15) is 13.2 Å². The van der Waals surface area contributed by atoms with E-state index in [-0.39, 0.29) is 11.4 Å². The number of rotatable bonds is 6. The highest BCUT2D eigenvalue weighted by atomic mass is 19.2. The lowest BCUT2D eigenvalue weighted by Crippen LogP contribution is -2.25. The first-order valence-electron chi connectivity index (χ1n) is 6.72. The smallest absolute Gasteiger partial charge is 0.227 e. The first kappa shape index (κ1) is 15.5. The standard InChI is InChI=1S/C14H16F3N3O/c1-3-18-8(2)4-5-12-19-14(20-21-12)9-6-10(15)13(17)11(16)7-9/h6-8,18H,3-5H2,1-2H3. The van der Waals surface area contributed by atoms with E-state index in [2.05, 4.69) is 15.5 Å². The average molecular weight is 299 g/mol. The molecule has 0 fully saturated rings. The van der Waals surface area contributed by atoms with Gasteiger partial charge in [0.05, 0.1) is 0 Å². The van der Waals surface area contributed by atoms with Crippen molar-refractivity contribution in [3.05, 3.63) is 35.5 Å². The van der Waals surface area contributed by atoms with E-state index >= 15 is 0 Å². The molecule has 1 aromatic heterocycles. The zero-order valence-electron chi connectivity index (χ0n) is 11.8. The molecule has 0 aliphatic heterocycles. The third-order valence-electron chi connectivity index (χ3n) is 3.05. The number of hydrogen-bond acceptors (Lipinski definition) is 4. The van der Waals surface area contributed by atoms with Crippen molar-refractivity contribution < 1.29 is 17.7 Å². The van der Waals surface area contributed by atoms with Crippen LogP contribution in [0.1, 0.15) is 26.2 Å². The Morgan fingerprint density at radius 1 is 1.24 bits per heavy atom. The molecule has 1 atom stereocenters. The van der Waals surface area contributed by atoms with Crippen LogP contribution >= 0.6 is 0 Å². The first-order valence-corrected chi connectivity index (χ1v) is 6.72. The summed E-state index contributed by atoms with van der Waals surface area (Å²) in [6.45, 7) is 4.91. The van der Waals surface area contributed by atoms with Crippen LogP contribution in [0.5, 0.6) is 0 Å². The number of nitrogens with zero attached hydrogens (tertiary/aromatic N) is 2. The highest BCUT2D eigenvalue weighted by Crippen LogP contribution is 2.21. The fraction of sp³-hybridized carbons (Fsp3) is 0.429. The van der Waals surface area contributed by atoms with Crippen molar-refractivity contribution in [2.24, 2.45) is 0 Å². The number of benzene rings is 1. The van der Waals surface area contributed by atoms with Crippen LogP contribution in [-0.4, -0.2) is 22.7 Å². The summed E-state index contributed by atoms with van der Waals surface area (Å²) in [5.41, 5.74) is 0.0427. The van der Waals surface area contributed by atoms with E-state index in [1.165, 1.54) is 0 Å². The monoisotopic (exact) mass is 299 g/mol. The van der Waals surface area contributed by atoms with Crippen molar-refractivity contribution in [2.45, 2.75) is 32.7 Å². The number of aromatic nitrogens is 2. The third kappa shape index (κ3) is 3.81. The summed E-state index contributed by atoms with van der Waals surface area (Å²) < 4.78 is 44.2. The SMILES string of the molecule is CCNC(C)CCc1nc(-c2cc(F)c(F)c(F)c2)no1. The van der Waals surface area contributed by atoms with Gasteiger partial charge in [-0.05, 0) is 32.0 Å². The second-order valence-electron chi connectivity index (χ2n) is 4.76. The topological polar surface area (TPSA) is 51.0 Å². The molecular formula is C14H16F3N3O. The lowest BCUT2D eigenvalue weighted by atomic mass is 10.2. The largest absolute Gasteiger partial charge is 0.339 e. The molecule has 0 aliphatic rings. The van der Waals surface area contributed by atoms with E-state index in [0.717, 1.165) is 25.1 Å². The van der Waals surface area contributed by atoms with E-state index in [1.807, 2.05) is 13.8 Å². The lowest BCUT2D eigenvalue weighted by Gasteiger charge is -2.09. The molecule has 2 rings (SSSR count). The second-order valence-corrected chi connectivity index (χ2v) is 4.76. The maximum absolute atomic E-state index is 13.2. The first-order chi connectivity index (χ1) is 10.0. The minimum Gasteiger partial charge on any atom is -0.339 e. The van der Waals surface area contributed by atoms with E-state index in [0.29, 0.717) is 18.4 Å². The van der Waals surface area contributed by atoms with Crippen LogP contribution in [0.25, 0.3) is 11.4 Å². The predicted molar refractivity (Wildman–Crippen MR) is 71.1 cm³/mol. The maximum atomic E-state index is 13.2. The van der Waals surface area contributed by atoms with E-state index in [4.69, 9.17) is 4.52 Å². The van der Waals surface area contributed by atoms with Crippen LogP contribution in [-0.2, 0) is 6.42 Å². The van der Waals surface area contributed by atoms with Gasteiger partial charge in [0.1, 0.15) is 0 Å². The molecule has 4 nitrogen and oxygen atoms in total. The van der Waals surface area contributed by atoms with Crippen LogP contribution in [0, 0.1) is 17.5 Å². The molecule has 0 bridgehead atoms. The zero-order valence-corrected chi connectivity index (χ0v) is 11.8. The molecule has 114 valence electrons. The normalized spacial score (nSPS) is 12.6. The lowest BCUT2D eigenvalue weighted by molar-refractivity contribution is 0.368. The molecule has 0 saturated carbocycles. The summed E-state index contributed by atoms with van der Waals surface area (Å²) in [6.07, 6.45) is 1.34. The second kappa shape index (κ2) is 6.71. The number of hydrogen-bond donors (Lipinski definition) is 1. The number of nitrogens with one attached hydrogen (secondary N) is 1. The minimum atomic E-state index is -1.51. The Labute approximate surface area is 120 Å². The molecule has 0 aliphatic carbocycles. The summed E-state index contributed by atoms with van der Waals surface area (Å²) in [4.78, 5) is 4.06. The van der Waals surface area contributed by atoms with Crippen LogP contribution < -0.4 is 5.32 Å². The van der Waals surface area contributed by atoms with Gasteiger partial charge in [-0.1, -0.05) is 12.1 Å². The highest BCUT2D eigenvalue weighted by molar-refractivity contribution is 5.54. The van der Waals surface area contributed by atoms with Crippen molar-refractivity contribution in [2.75, 3.05) is 6.54 Å². The van der Waals surface area contributed by atoms with Crippen molar-refractivity contribution in [1.82, 2.24) is 15.5 Å². The molecule has 0 saturated heterocycles. The molecule has 0 amide bonds. The fourth-order valence-corrected chi connectivity index (χ4v) is 1.95. The van der Waals surface area contributed by atoms with Gasteiger partial charge in [0.25, 0.3) is 0 Å². The molecule has 0 spiro atoms. The maximum Gasteiger partial charge on any atom is 0.227 e. The number of halogens is 3. The Morgan fingerprint density at radius 2 is 1.90 bits per heavy atom. The van der Waals surface area contributed by atoms with Gasteiger partial charge >= 0.3 is 0 Å². The van der Waals surface area contributed by atoms with Crippen molar-refractivity contribution in [3.63, 3.8) is 0 Å². The summed E-state index contributed by atoms with van der Waals surface area (Å²) in [7, 11) is 0. The third-order valence-corrected chi connectivity index (χ3v) is 3.05. The summed E-state index contributed by atoms with van der Waals surface area (Å²) in [5.74, 6) is -3.66. The van der Waals surface area contributed by atoms with Crippen LogP contribution in [0.3, 0.4) is 0 Å². The van der Waals surface area contributed by atoms with Gasteiger partial charge < -0.3 is 9.84 Å². The predicted octanol–water partition coefficient (Wildman–Crippen LogP) is 3.08. The molecule has 0 radical (unpaired) electrons. The van der Waals surface area contributed by atoms with Crippen LogP contribution in [0.15, 0.2) is 16.7 Å². The van der Waals surface area contributed by atoms with Crippen LogP contribution in [0.4, 0.5) is 13.2 Å². The molecule has 1 heterocycles. The molecule has 7 heteroatoms. The Kier molecular flexibility index (Phi) is 4.95. The fourth-order valence-electron chi connectivity index (χ4n) is 1.95. The molecule has 2 aromatic rings. The van der Waals surface area contributed by atoms with E-state index < -0.39 is 17.5 Å². The summed E-state index contributed by atoms with van der Waals surface area (Å²) in [6, 6.07) is 1.98. The summed E-state index contributed by atoms with van der Waals surface area (Å²) in [5, 5.41) is 6.90. The van der Waals surface area contributed by atoms with E-state index in [1.54, 1.807) is 0 Å². The Hall–Kier alpha value is -1.89. The molecule has 1 unspecified atom stereocenters. The molecule has 21 heavy (non-hydrogen) atoms. The van der Waals surface area contributed by atoms with Gasteiger partial charge in [-0.25, -0.2) is 13.2 Å². The van der Waals surface area contributed by atoms with Crippen molar-refractivity contribution in [1.29, 1.82) is 0 Å². The van der Waals surface area contributed by atoms with Gasteiger partial charge in [0.2, 0.25) is 11.7 Å². The van der Waals surface area contributed by atoms with Crippen LogP contribution in [0.2, 0.25) is 0 Å². The van der Waals surface area contributed by atoms with Gasteiger partial charge in [0.15, 0.2) is 17.5 Å². The molecule has 1 aromatic carbocycles. The minimum absolute atomic E-state index is 0.0407. The molecular weight excluding hydrogens is 283 g/mol. The van der Waals surface area contributed by atoms with Gasteiger partial charge in [-0.15, -0.1) is 0 Å². The Balaban J connectivity index is 2.09. The Bertz CT molecular complexity index is 592. The average Bonchev–Trinajstić information content (AvgIpc) is 2.91. The quantitative estimate of drug-likeness (QED) is 0.833. The Morgan fingerprint density at radius 3 is 2.52 bits per heavy atom. The van der Waals surface area contributed by atoms with Gasteiger partial charge in [-0.3, -0.25) is 0 Å². The van der Waals surface area contributed by atoms with Gasteiger partial charge in [0, 0.05) is 18.0 Å². The zero-order chi connectivity index (χ0) is 15.4. The highest BCUT2D eigenvalue weighted by Gasteiger charge is 2.15. The van der Waals surface area contributed by atoms with Gasteiger partial charge in [-0.2, -0.15) is 4.98 Å². The summed E-state index contributed by atoms with van der Waals surface area (Å²) >= 11 is 0. The van der Waals surface area contributed by atoms with Crippen molar-refractivity contribution in [3.8, 4) is 11.4 Å². The molecule has 1 N–H and O–H groups in total. The number of aryl methyl sites for hydroxylation is 1. The van der Waals surface area contributed by atoms with Crippen molar-refractivity contribution >= 4 is 0 Å².